The van der Waals surface area contributed by atoms with Crippen molar-refractivity contribution in [3.05, 3.63) is 48.5 Å². The molecular formula is C15H12FN3O2. The Morgan fingerprint density at radius 3 is 2.81 bits per heavy atom. The molecule has 3 aromatic rings. The molecule has 0 unspecified atom stereocenters. The molecule has 0 amide bonds. The Balaban J connectivity index is 2.17. The van der Waals surface area contributed by atoms with E-state index in [1.807, 2.05) is 18.2 Å². The SMILES string of the molecule is COc1cccc(-c2c(N)noc2-c2cncc(F)c2)c1. The van der Waals surface area contributed by atoms with Gasteiger partial charge in [-0.25, -0.2) is 4.39 Å². The Morgan fingerprint density at radius 1 is 1.19 bits per heavy atom. The van der Waals surface area contributed by atoms with Crippen LogP contribution >= 0.6 is 0 Å². The molecule has 2 aromatic heterocycles. The van der Waals surface area contributed by atoms with Crippen LogP contribution in [-0.4, -0.2) is 17.3 Å². The maximum Gasteiger partial charge on any atom is 0.178 e. The Kier molecular flexibility index (Phi) is 3.27. The van der Waals surface area contributed by atoms with Crippen molar-refractivity contribution < 1.29 is 13.7 Å². The van der Waals surface area contributed by atoms with Gasteiger partial charge in [0.15, 0.2) is 11.6 Å². The summed E-state index contributed by atoms with van der Waals surface area (Å²) in [4.78, 5) is 3.81. The number of hydrogen-bond donors (Lipinski definition) is 1. The number of nitrogens with zero attached hydrogens (tertiary/aromatic N) is 2. The Labute approximate surface area is 120 Å². The fourth-order valence-corrected chi connectivity index (χ4v) is 2.09. The maximum atomic E-state index is 13.3. The van der Waals surface area contributed by atoms with E-state index in [1.54, 1.807) is 13.2 Å². The van der Waals surface area contributed by atoms with Crippen molar-refractivity contribution in [2.75, 3.05) is 12.8 Å². The highest BCUT2D eigenvalue weighted by molar-refractivity contribution is 5.86. The Bertz CT molecular complexity index is 786. The van der Waals surface area contributed by atoms with Crippen molar-refractivity contribution in [3.8, 4) is 28.2 Å². The number of benzene rings is 1. The van der Waals surface area contributed by atoms with Crippen molar-refractivity contribution in [2.45, 2.75) is 0 Å². The number of hydrogen-bond acceptors (Lipinski definition) is 5. The van der Waals surface area contributed by atoms with E-state index in [-0.39, 0.29) is 5.82 Å². The molecule has 0 aliphatic carbocycles. The molecule has 0 saturated heterocycles. The van der Waals surface area contributed by atoms with Crippen molar-refractivity contribution in [1.82, 2.24) is 10.1 Å². The predicted octanol–water partition coefficient (Wildman–Crippen LogP) is 3.13. The summed E-state index contributed by atoms with van der Waals surface area (Å²) in [5.74, 6) is 0.811. The van der Waals surface area contributed by atoms with Crippen LogP contribution in [0.3, 0.4) is 0 Å². The molecule has 21 heavy (non-hydrogen) atoms. The normalized spacial score (nSPS) is 10.6. The lowest BCUT2D eigenvalue weighted by molar-refractivity contribution is 0.415. The van der Waals surface area contributed by atoms with Gasteiger partial charge in [0.1, 0.15) is 11.6 Å². The third kappa shape index (κ3) is 2.43. The largest absolute Gasteiger partial charge is 0.497 e. The number of rotatable bonds is 3. The zero-order valence-electron chi connectivity index (χ0n) is 11.2. The van der Waals surface area contributed by atoms with E-state index >= 15 is 0 Å². The minimum absolute atomic E-state index is 0.225. The third-order valence-electron chi connectivity index (χ3n) is 3.04. The summed E-state index contributed by atoms with van der Waals surface area (Å²) in [6, 6.07) is 8.61. The van der Waals surface area contributed by atoms with Gasteiger partial charge < -0.3 is 15.0 Å². The van der Waals surface area contributed by atoms with Gasteiger partial charge in [-0.3, -0.25) is 4.98 Å². The molecule has 0 aliphatic heterocycles. The van der Waals surface area contributed by atoms with Gasteiger partial charge in [-0.2, -0.15) is 0 Å². The van der Waals surface area contributed by atoms with Crippen LogP contribution in [0, 0.1) is 5.82 Å². The summed E-state index contributed by atoms with van der Waals surface area (Å²) < 4.78 is 23.8. The highest BCUT2D eigenvalue weighted by atomic mass is 19.1. The standard InChI is InChI=1S/C15H12FN3O2/c1-20-12-4-2-3-9(6-12)13-14(21-19-15(13)17)10-5-11(16)8-18-7-10/h2-8H,1H3,(H2,17,19). The molecule has 1 aromatic carbocycles. The number of anilines is 1. The molecule has 0 fully saturated rings. The maximum absolute atomic E-state index is 13.3. The van der Waals surface area contributed by atoms with E-state index in [2.05, 4.69) is 10.1 Å². The summed E-state index contributed by atoms with van der Waals surface area (Å²) in [5.41, 5.74) is 7.71. The van der Waals surface area contributed by atoms with Crippen LogP contribution in [0.2, 0.25) is 0 Å². The van der Waals surface area contributed by atoms with E-state index in [0.29, 0.717) is 22.6 Å². The fraction of sp³-hybridized carbons (Fsp3) is 0.0667. The Hall–Kier alpha value is -2.89. The molecule has 5 nitrogen and oxygen atoms in total. The van der Waals surface area contributed by atoms with Crippen LogP contribution in [-0.2, 0) is 0 Å². The number of nitrogen functional groups attached to an aromatic ring is 1. The van der Waals surface area contributed by atoms with Crippen LogP contribution in [0.1, 0.15) is 0 Å². The highest BCUT2D eigenvalue weighted by Crippen LogP contribution is 2.37. The number of ether oxygens (including phenoxy) is 1. The van der Waals surface area contributed by atoms with Gasteiger partial charge >= 0.3 is 0 Å². The van der Waals surface area contributed by atoms with E-state index in [9.17, 15) is 4.39 Å². The molecule has 2 heterocycles. The van der Waals surface area contributed by atoms with Crippen molar-refractivity contribution in [3.63, 3.8) is 0 Å². The monoisotopic (exact) mass is 285 g/mol. The molecule has 2 N–H and O–H groups in total. The van der Waals surface area contributed by atoms with Gasteiger partial charge in [-0.1, -0.05) is 17.3 Å². The van der Waals surface area contributed by atoms with Gasteiger partial charge in [0, 0.05) is 11.8 Å². The van der Waals surface area contributed by atoms with E-state index in [1.165, 1.54) is 12.3 Å². The van der Waals surface area contributed by atoms with E-state index in [4.69, 9.17) is 15.0 Å². The highest BCUT2D eigenvalue weighted by Gasteiger charge is 2.18. The molecule has 0 aliphatic rings. The molecule has 0 saturated carbocycles. The lowest BCUT2D eigenvalue weighted by Gasteiger charge is -2.05. The van der Waals surface area contributed by atoms with Gasteiger partial charge in [0.25, 0.3) is 0 Å². The third-order valence-corrected chi connectivity index (χ3v) is 3.04. The van der Waals surface area contributed by atoms with Gasteiger partial charge in [0.2, 0.25) is 0 Å². The van der Waals surface area contributed by atoms with Crippen molar-refractivity contribution >= 4 is 5.82 Å². The molecule has 106 valence electrons. The Morgan fingerprint density at radius 2 is 2.05 bits per heavy atom. The quantitative estimate of drug-likeness (QED) is 0.800. The molecule has 0 radical (unpaired) electrons. The van der Waals surface area contributed by atoms with E-state index in [0.717, 1.165) is 11.8 Å². The predicted molar refractivity (Wildman–Crippen MR) is 76.1 cm³/mol. The molecule has 0 bridgehead atoms. The van der Waals surface area contributed by atoms with Crippen LogP contribution < -0.4 is 10.5 Å². The summed E-state index contributed by atoms with van der Waals surface area (Å²) in [5, 5.41) is 3.77. The second-order valence-electron chi connectivity index (χ2n) is 4.40. The zero-order valence-corrected chi connectivity index (χ0v) is 11.2. The van der Waals surface area contributed by atoms with Gasteiger partial charge in [-0.05, 0) is 23.8 Å². The first-order chi connectivity index (χ1) is 10.2. The van der Waals surface area contributed by atoms with Crippen molar-refractivity contribution in [1.29, 1.82) is 0 Å². The topological polar surface area (TPSA) is 74.2 Å². The second kappa shape index (κ2) is 5.24. The molecule has 6 heteroatoms. The first kappa shape index (κ1) is 13.1. The summed E-state index contributed by atoms with van der Waals surface area (Å²) in [7, 11) is 1.58. The first-order valence-electron chi connectivity index (χ1n) is 6.19. The number of halogens is 1. The number of pyridine rings is 1. The van der Waals surface area contributed by atoms with Crippen molar-refractivity contribution in [2.24, 2.45) is 0 Å². The van der Waals surface area contributed by atoms with E-state index < -0.39 is 5.82 Å². The van der Waals surface area contributed by atoms with Crippen LogP contribution in [0.5, 0.6) is 5.75 Å². The second-order valence-corrected chi connectivity index (χ2v) is 4.40. The summed E-state index contributed by atoms with van der Waals surface area (Å²) in [6.45, 7) is 0. The lowest BCUT2D eigenvalue weighted by Crippen LogP contribution is -1.90. The average molecular weight is 285 g/mol. The smallest absolute Gasteiger partial charge is 0.178 e. The zero-order chi connectivity index (χ0) is 14.8. The lowest BCUT2D eigenvalue weighted by atomic mass is 10.0. The number of nitrogens with two attached hydrogens (primary N) is 1. The molecule has 0 spiro atoms. The fourth-order valence-electron chi connectivity index (χ4n) is 2.09. The van der Waals surface area contributed by atoms with Gasteiger partial charge in [-0.15, -0.1) is 0 Å². The average Bonchev–Trinajstić information content (AvgIpc) is 2.89. The molecule has 0 atom stereocenters. The minimum Gasteiger partial charge on any atom is -0.497 e. The summed E-state index contributed by atoms with van der Waals surface area (Å²) >= 11 is 0. The van der Waals surface area contributed by atoms with Crippen LogP contribution in [0.4, 0.5) is 10.2 Å². The minimum atomic E-state index is -0.459. The first-order valence-corrected chi connectivity index (χ1v) is 6.19. The van der Waals surface area contributed by atoms with Crippen LogP contribution in [0.25, 0.3) is 22.5 Å². The molecule has 3 rings (SSSR count). The van der Waals surface area contributed by atoms with Crippen LogP contribution in [0.15, 0.2) is 47.2 Å². The van der Waals surface area contributed by atoms with Gasteiger partial charge in [0.05, 0.1) is 18.9 Å². The number of aromatic nitrogens is 2. The summed E-state index contributed by atoms with van der Waals surface area (Å²) in [6.07, 6.45) is 2.61. The molecular weight excluding hydrogens is 273 g/mol. The number of methoxy groups -OCH3 is 1.